The molecule has 10 heteroatoms. The Balaban J connectivity index is 1.63. The van der Waals surface area contributed by atoms with E-state index in [0.717, 1.165) is 17.0 Å². The van der Waals surface area contributed by atoms with Crippen molar-refractivity contribution in [3.8, 4) is 11.5 Å². The predicted molar refractivity (Wildman–Crippen MR) is 172 cm³/mol. The maximum absolute atomic E-state index is 14.0. The van der Waals surface area contributed by atoms with Crippen molar-refractivity contribution in [2.24, 2.45) is 10.8 Å². The van der Waals surface area contributed by atoms with Crippen molar-refractivity contribution < 1.29 is 38.9 Å². The molecule has 46 heavy (non-hydrogen) atoms. The Hall–Kier alpha value is -4.11. The number of carbonyl (C=O) groups excluding carboxylic acids is 2. The highest BCUT2D eigenvalue weighted by molar-refractivity contribution is 6.32. The second-order valence-electron chi connectivity index (χ2n) is 13.9. The van der Waals surface area contributed by atoms with Crippen LogP contribution in [0.2, 0.25) is 5.02 Å². The van der Waals surface area contributed by atoms with Crippen LogP contribution in [0.1, 0.15) is 94.1 Å². The van der Waals surface area contributed by atoms with E-state index >= 15 is 0 Å². The fourth-order valence-electron chi connectivity index (χ4n) is 6.92. The third kappa shape index (κ3) is 6.70. The lowest BCUT2D eigenvalue weighted by Gasteiger charge is -2.49. The monoisotopic (exact) mass is 649 g/mol. The van der Waals surface area contributed by atoms with Crippen molar-refractivity contribution >= 4 is 35.1 Å². The average molecular weight is 650 g/mol. The maximum atomic E-state index is 14.0. The first-order chi connectivity index (χ1) is 21.6. The topological polar surface area (TPSA) is 130 Å². The number of Topliss-reactive ketones (excluding diaryl/α,β-unsaturated/α-hetero) is 2. The van der Waals surface area contributed by atoms with Crippen LogP contribution in [0.15, 0.2) is 58.9 Å². The van der Waals surface area contributed by atoms with Gasteiger partial charge in [-0.3, -0.25) is 14.4 Å². The van der Waals surface area contributed by atoms with Gasteiger partial charge in [0.15, 0.2) is 23.1 Å². The lowest BCUT2D eigenvalue weighted by Crippen LogP contribution is -2.45. The third-order valence-electron chi connectivity index (χ3n) is 8.82. The molecule has 3 aliphatic rings. The lowest BCUT2D eigenvalue weighted by atomic mass is 9.63. The van der Waals surface area contributed by atoms with Crippen LogP contribution in [0.4, 0.5) is 0 Å². The molecule has 1 heterocycles. The van der Waals surface area contributed by atoms with Crippen LogP contribution >= 0.6 is 11.6 Å². The normalized spacial score (nSPS) is 19.1. The van der Waals surface area contributed by atoms with Gasteiger partial charge in [0.2, 0.25) is 0 Å². The summed E-state index contributed by atoms with van der Waals surface area (Å²) in [6.07, 6.45) is 1.58. The highest BCUT2D eigenvalue weighted by Crippen LogP contribution is 2.55. The van der Waals surface area contributed by atoms with E-state index < -0.39 is 17.9 Å². The van der Waals surface area contributed by atoms with E-state index in [1.165, 1.54) is 12.1 Å². The number of nitrogens with zero attached hydrogens (tertiary/aromatic N) is 1. The van der Waals surface area contributed by atoms with Crippen LogP contribution in [0, 0.1) is 10.8 Å². The molecule has 2 aromatic rings. The molecule has 0 fully saturated rings. The summed E-state index contributed by atoms with van der Waals surface area (Å²) < 4.78 is 12.1. The van der Waals surface area contributed by atoms with Gasteiger partial charge in [-0.05, 0) is 66.0 Å². The molecule has 0 spiro atoms. The number of halogens is 1. The molecule has 0 saturated heterocycles. The summed E-state index contributed by atoms with van der Waals surface area (Å²) in [4.78, 5) is 53.0. The number of carbonyl (C=O) groups is 4. The fraction of sp³-hybridized carbons (Fsp3) is 0.444. The second-order valence-corrected chi connectivity index (χ2v) is 14.3. The summed E-state index contributed by atoms with van der Waals surface area (Å²) in [5.74, 6) is -2.14. The Morgan fingerprint density at radius 2 is 1.46 bits per heavy atom. The fourth-order valence-corrected chi connectivity index (χ4v) is 7.19. The number of ether oxygens (including phenoxy) is 2. The van der Waals surface area contributed by atoms with Gasteiger partial charge in [0, 0.05) is 47.8 Å². The van der Waals surface area contributed by atoms with Gasteiger partial charge in [0.25, 0.3) is 0 Å². The van der Waals surface area contributed by atoms with Gasteiger partial charge in [-0.25, -0.2) is 4.79 Å². The Labute approximate surface area is 273 Å². The number of benzene rings is 2. The summed E-state index contributed by atoms with van der Waals surface area (Å²) in [6.45, 7) is 10.5. The van der Waals surface area contributed by atoms with Crippen molar-refractivity contribution in [3.05, 3.63) is 80.7 Å². The molecule has 2 aromatic carbocycles. The first-order valence-electron chi connectivity index (χ1n) is 15.5. The molecular formula is C36H40ClNO8. The molecule has 2 N–H and O–H groups in total. The molecule has 9 nitrogen and oxygen atoms in total. The van der Waals surface area contributed by atoms with Crippen molar-refractivity contribution in [2.75, 3.05) is 13.2 Å². The summed E-state index contributed by atoms with van der Waals surface area (Å²) in [5.41, 5.74) is 3.42. The van der Waals surface area contributed by atoms with Gasteiger partial charge >= 0.3 is 11.9 Å². The lowest BCUT2D eigenvalue weighted by molar-refractivity contribution is -0.137. The highest BCUT2D eigenvalue weighted by atomic mass is 35.5. The molecule has 0 atom stereocenters. The van der Waals surface area contributed by atoms with E-state index in [-0.39, 0.29) is 52.6 Å². The minimum Gasteiger partial charge on any atom is -0.490 e. The van der Waals surface area contributed by atoms with Crippen LogP contribution in [-0.4, -0.2) is 51.8 Å². The SMILES string of the molecule is CCOc1cc(C2C3=C(CC(C)(C)CC3=O)N(CCC(=O)O)C3=C2C(=O)CC(C)(C)C3)cc(Cl)c1OCc1ccc(C(=O)O)cc1. The Kier molecular flexibility index (Phi) is 9.10. The quantitative estimate of drug-likeness (QED) is 0.275. The largest absolute Gasteiger partial charge is 0.490 e. The molecule has 0 aromatic heterocycles. The van der Waals surface area contributed by atoms with Gasteiger partial charge in [0.05, 0.1) is 23.6 Å². The van der Waals surface area contributed by atoms with Crippen molar-refractivity contribution in [2.45, 2.75) is 79.2 Å². The minimum atomic E-state index is -1.02. The van der Waals surface area contributed by atoms with Crippen LogP contribution in [-0.2, 0) is 21.0 Å². The van der Waals surface area contributed by atoms with Gasteiger partial charge in [-0.2, -0.15) is 0 Å². The van der Waals surface area contributed by atoms with E-state index in [0.29, 0.717) is 60.5 Å². The second kappa shape index (κ2) is 12.6. The molecule has 244 valence electrons. The van der Waals surface area contributed by atoms with Crippen LogP contribution < -0.4 is 9.47 Å². The van der Waals surface area contributed by atoms with E-state index in [2.05, 4.69) is 0 Å². The third-order valence-corrected chi connectivity index (χ3v) is 9.10. The number of aromatic carboxylic acids is 1. The zero-order chi connectivity index (χ0) is 33.6. The maximum Gasteiger partial charge on any atom is 0.335 e. The number of rotatable bonds is 10. The number of allylic oxidation sites excluding steroid dienone is 4. The van der Waals surface area contributed by atoms with Crippen LogP contribution in [0.5, 0.6) is 11.5 Å². The molecule has 1 aliphatic heterocycles. The number of hydrogen-bond donors (Lipinski definition) is 2. The number of carboxylic acid groups (broad SMARTS) is 2. The molecule has 0 amide bonds. The van der Waals surface area contributed by atoms with Gasteiger partial charge in [-0.1, -0.05) is 51.4 Å². The van der Waals surface area contributed by atoms with Crippen LogP contribution in [0.25, 0.3) is 0 Å². The first-order valence-corrected chi connectivity index (χ1v) is 15.9. The molecular weight excluding hydrogens is 610 g/mol. The number of hydrogen-bond acceptors (Lipinski definition) is 7. The number of aliphatic carboxylic acids is 1. The Morgan fingerprint density at radius 3 is 1.96 bits per heavy atom. The Bertz CT molecular complexity index is 1610. The Morgan fingerprint density at radius 1 is 0.891 bits per heavy atom. The van der Waals surface area contributed by atoms with Crippen molar-refractivity contribution in [1.29, 1.82) is 0 Å². The smallest absolute Gasteiger partial charge is 0.335 e. The van der Waals surface area contributed by atoms with Crippen molar-refractivity contribution in [1.82, 2.24) is 4.90 Å². The summed E-state index contributed by atoms with van der Waals surface area (Å²) in [7, 11) is 0. The summed E-state index contributed by atoms with van der Waals surface area (Å²) in [6, 6.07) is 9.83. The molecule has 2 aliphatic carbocycles. The van der Waals surface area contributed by atoms with Gasteiger partial charge in [0.1, 0.15) is 6.61 Å². The number of ketones is 2. The highest BCUT2D eigenvalue weighted by Gasteiger charge is 2.49. The molecule has 0 bridgehead atoms. The van der Waals surface area contributed by atoms with E-state index in [1.54, 1.807) is 24.3 Å². The average Bonchev–Trinajstić information content (AvgIpc) is 2.94. The van der Waals surface area contributed by atoms with E-state index in [1.807, 2.05) is 39.5 Å². The standard InChI is InChI=1S/C36H40ClNO8/c1-6-45-28-14-22(13-23(37)33(28)46-19-20-7-9-21(10-8-20)34(43)44)30-31-24(15-35(2,3)17-26(31)39)38(12-11-29(41)42)25-16-36(4,5)18-27(40)32(25)30/h7-10,13-14,30H,6,11-12,15-19H2,1-5H3,(H,41,42)(H,43,44). The summed E-state index contributed by atoms with van der Waals surface area (Å²) >= 11 is 6.89. The predicted octanol–water partition coefficient (Wildman–Crippen LogP) is 7.18. The van der Waals surface area contributed by atoms with Crippen molar-refractivity contribution in [3.63, 3.8) is 0 Å². The molecule has 0 unspecified atom stereocenters. The minimum absolute atomic E-state index is 0.0695. The molecule has 0 saturated carbocycles. The molecule has 0 radical (unpaired) electrons. The van der Waals surface area contributed by atoms with Gasteiger partial charge < -0.3 is 24.6 Å². The first kappa shape index (κ1) is 33.3. The zero-order valence-electron chi connectivity index (χ0n) is 26.9. The van der Waals surface area contributed by atoms with E-state index in [9.17, 15) is 29.4 Å². The number of carboxylic acids is 2. The summed E-state index contributed by atoms with van der Waals surface area (Å²) in [5, 5.41) is 19.1. The van der Waals surface area contributed by atoms with E-state index in [4.69, 9.17) is 21.1 Å². The van der Waals surface area contributed by atoms with Crippen LogP contribution in [0.3, 0.4) is 0 Å². The zero-order valence-corrected chi connectivity index (χ0v) is 27.6. The van der Waals surface area contributed by atoms with Gasteiger partial charge in [-0.15, -0.1) is 0 Å². The molecule has 5 rings (SSSR count).